The lowest BCUT2D eigenvalue weighted by Crippen LogP contribution is -2.50. The van der Waals surface area contributed by atoms with E-state index in [0.29, 0.717) is 31.0 Å². The van der Waals surface area contributed by atoms with Gasteiger partial charge in [0.15, 0.2) is 0 Å². The van der Waals surface area contributed by atoms with Crippen molar-refractivity contribution in [1.82, 2.24) is 10.2 Å². The molecule has 28 heavy (non-hydrogen) atoms. The highest BCUT2D eigenvalue weighted by Crippen LogP contribution is 2.21. The Labute approximate surface area is 172 Å². The van der Waals surface area contributed by atoms with Crippen LogP contribution in [0.4, 0.5) is 0 Å². The normalized spacial score (nSPS) is 11.7. The van der Waals surface area contributed by atoms with Gasteiger partial charge in [0.05, 0.1) is 0 Å². The van der Waals surface area contributed by atoms with E-state index in [0.717, 1.165) is 24.0 Å². The Hall–Kier alpha value is -2.33. The van der Waals surface area contributed by atoms with Gasteiger partial charge in [-0.2, -0.15) is 0 Å². The number of hydrogen-bond donors (Lipinski definition) is 1. The van der Waals surface area contributed by atoms with E-state index in [1.165, 1.54) is 0 Å². The van der Waals surface area contributed by atoms with Crippen LogP contribution in [0.5, 0.6) is 0 Å². The highest BCUT2D eigenvalue weighted by atomic mass is 35.5. The molecule has 2 aromatic carbocycles. The second kappa shape index (κ2) is 11.5. The molecular formula is C23H29ClN2O2. The first-order chi connectivity index (χ1) is 13.6. The van der Waals surface area contributed by atoms with Crippen LogP contribution in [0, 0.1) is 0 Å². The first kappa shape index (κ1) is 22.0. The van der Waals surface area contributed by atoms with Crippen LogP contribution < -0.4 is 5.32 Å². The zero-order chi connectivity index (χ0) is 20.4. The van der Waals surface area contributed by atoms with Crippen molar-refractivity contribution in [2.75, 3.05) is 6.54 Å². The standard InChI is InChI=1S/C23H29ClN2O2/c1-3-10-22(27)26(17-19-13-8-9-14-20(19)24)21(23(28)25-15-4-2)16-18-11-6-5-7-12-18/h5-9,11-14,21H,3-4,10,15-17H2,1-2H3,(H,25,28)/t21-/m1/s1. The maximum absolute atomic E-state index is 13.0. The quantitative estimate of drug-likeness (QED) is 0.633. The molecule has 0 bridgehead atoms. The topological polar surface area (TPSA) is 49.4 Å². The van der Waals surface area contributed by atoms with E-state index < -0.39 is 6.04 Å². The molecule has 0 fully saturated rings. The maximum atomic E-state index is 13.0. The summed E-state index contributed by atoms with van der Waals surface area (Å²) in [5.74, 6) is -0.155. The summed E-state index contributed by atoms with van der Waals surface area (Å²) in [6.45, 7) is 4.88. The largest absolute Gasteiger partial charge is 0.354 e. The molecule has 4 nitrogen and oxygen atoms in total. The number of nitrogens with one attached hydrogen (secondary N) is 1. The van der Waals surface area contributed by atoms with Crippen LogP contribution in [-0.2, 0) is 22.6 Å². The Morgan fingerprint density at radius 1 is 1.00 bits per heavy atom. The van der Waals surface area contributed by atoms with Crippen molar-refractivity contribution in [1.29, 1.82) is 0 Å². The summed E-state index contributed by atoms with van der Waals surface area (Å²) >= 11 is 6.34. The van der Waals surface area contributed by atoms with Gasteiger partial charge >= 0.3 is 0 Å². The fourth-order valence-electron chi connectivity index (χ4n) is 3.09. The molecule has 0 aliphatic carbocycles. The van der Waals surface area contributed by atoms with Crippen LogP contribution in [-0.4, -0.2) is 29.3 Å². The maximum Gasteiger partial charge on any atom is 0.243 e. The minimum Gasteiger partial charge on any atom is -0.354 e. The summed E-state index contributed by atoms with van der Waals surface area (Å²) in [5, 5.41) is 3.57. The number of amides is 2. The summed E-state index contributed by atoms with van der Waals surface area (Å²) in [6, 6.07) is 16.7. The summed E-state index contributed by atoms with van der Waals surface area (Å²) in [4.78, 5) is 27.6. The summed E-state index contributed by atoms with van der Waals surface area (Å²) < 4.78 is 0. The van der Waals surface area contributed by atoms with Gasteiger partial charge in [0, 0.05) is 31.0 Å². The van der Waals surface area contributed by atoms with Gasteiger partial charge in [0.2, 0.25) is 11.8 Å². The lowest BCUT2D eigenvalue weighted by Gasteiger charge is -2.31. The molecule has 1 N–H and O–H groups in total. The highest BCUT2D eigenvalue weighted by Gasteiger charge is 2.30. The third kappa shape index (κ3) is 6.38. The molecule has 0 saturated heterocycles. The number of rotatable bonds is 10. The number of nitrogens with zero attached hydrogens (tertiary/aromatic N) is 1. The van der Waals surface area contributed by atoms with Crippen molar-refractivity contribution >= 4 is 23.4 Å². The van der Waals surface area contributed by atoms with Gasteiger partial charge in [-0.1, -0.05) is 74.0 Å². The predicted molar refractivity (Wildman–Crippen MR) is 114 cm³/mol. The Morgan fingerprint density at radius 3 is 2.32 bits per heavy atom. The predicted octanol–water partition coefficient (Wildman–Crippen LogP) is 4.61. The van der Waals surface area contributed by atoms with Crippen molar-refractivity contribution in [3.8, 4) is 0 Å². The monoisotopic (exact) mass is 400 g/mol. The van der Waals surface area contributed by atoms with Crippen LogP contribution in [0.1, 0.15) is 44.2 Å². The van der Waals surface area contributed by atoms with Crippen LogP contribution in [0.3, 0.4) is 0 Å². The van der Waals surface area contributed by atoms with Gasteiger partial charge < -0.3 is 10.2 Å². The molecular weight excluding hydrogens is 372 g/mol. The summed E-state index contributed by atoms with van der Waals surface area (Å²) in [5.41, 5.74) is 1.86. The molecule has 0 unspecified atom stereocenters. The Morgan fingerprint density at radius 2 is 1.68 bits per heavy atom. The molecule has 2 rings (SSSR count). The number of halogens is 1. The second-order valence-corrected chi connectivity index (χ2v) is 7.27. The minimum absolute atomic E-state index is 0.0324. The van der Waals surface area contributed by atoms with Gasteiger partial charge in [-0.25, -0.2) is 0 Å². The second-order valence-electron chi connectivity index (χ2n) is 6.86. The molecule has 0 aliphatic heterocycles. The van der Waals surface area contributed by atoms with E-state index in [1.807, 2.05) is 68.4 Å². The lowest BCUT2D eigenvalue weighted by atomic mass is 10.0. The fourth-order valence-corrected chi connectivity index (χ4v) is 3.28. The molecule has 150 valence electrons. The molecule has 2 aromatic rings. The molecule has 2 amide bonds. The van der Waals surface area contributed by atoms with Crippen LogP contribution in [0.15, 0.2) is 54.6 Å². The lowest BCUT2D eigenvalue weighted by molar-refractivity contribution is -0.141. The van der Waals surface area contributed by atoms with E-state index in [9.17, 15) is 9.59 Å². The molecule has 0 heterocycles. The molecule has 1 atom stereocenters. The van der Waals surface area contributed by atoms with Gasteiger partial charge in [-0.15, -0.1) is 0 Å². The molecule has 5 heteroatoms. The van der Waals surface area contributed by atoms with E-state index in [2.05, 4.69) is 5.32 Å². The Kier molecular flexibility index (Phi) is 9.02. The van der Waals surface area contributed by atoms with Crippen LogP contribution in [0.25, 0.3) is 0 Å². The zero-order valence-corrected chi connectivity index (χ0v) is 17.4. The number of carbonyl (C=O) groups excluding carboxylic acids is 2. The van der Waals surface area contributed by atoms with Crippen molar-refractivity contribution in [3.63, 3.8) is 0 Å². The van der Waals surface area contributed by atoms with Crippen molar-refractivity contribution in [2.24, 2.45) is 0 Å². The third-order valence-electron chi connectivity index (χ3n) is 4.58. The minimum atomic E-state index is -0.579. The van der Waals surface area contributed by atoms with E-state index in [1.54, 1.807) is 4.90 Å². The average Bonchev–Trinajstić information content (AvgIpc) is 2.71. The van der Waals surface area contributed by atoms with E-state index in [4.69, 9.17) is 11.6 Å². The van der Waals surface area contributed by atoms with Gasteiger partial charge in [0.1, 0.15) is 6.04 Å². The molecule has 0 spiro atoms. The molecule has 0 aromatic heterocycles. The Balaban J connectivity index is 2.36. The Bertz CT molecular complexity index is 764. The molecule has 0 aliphatic rings. The third-order valence-corrected chi connectivity index (χ3v) is 4.95. The number of benzene rings is 2. The van der Waals surface area contributed by atoms with Crippen LogP contribution in [0.2, 0.25) is 5.02 Å². The van der Waals surface area contributed by atoms with Crippen molar-refractivity contribution < 1.29 is 9.59 Å². The van der Waals surface area contributed by atoms with Crippen molar-refractivity contribution in [3.05, 3.63) is 70.7 Å². The summed E-state index contributed by atoms with van der Waals surface area (Å²) in [6.07, 6.45) is 2.44. The van der Waals surface area contributed by atoms with Crippen molar-refractivity contribution in [2.45, 2.75) is 52.1 Å². The van der Waals surface area contributed by atoms with E-state index >= 15 is 0 Å². The zero-order valence-electron chi connectivity index (χ0n) is 16.7. The first-order valence-electron chi connectivity index (χ1n) is 9.91. The number of carbonyl (C=O) groups is 2. The van der Waals surface area contributed by atoms with Gasteiger partial charge in [-0.3, -0.25) is 9.59 Å². The van der Waals surface area contributed by atoms with Crippen LogP contribution >= 0.6 is 11.6 Å². The SMILES string of the molecule is CCCNC(=O)[C@@H](Cc1ccccc1)N(Cc1ccccc1Cl)C(=O)CCC. The molecule has 0 saturated carbocycles. The first-order valence-corrected chi connectivity index (χ1v) is 10.3. The van der Waals surface area contributed by atoms with E-state index in [-0.39, 0.29) is 11.8 Å². The average molecular weight is 401 g/mol. The van der Waals surface area contributed by atoms with Gasteiger partial charge in [0.25, 0.3) is 0 Å². The molecule has 0 radical (unpaired) electrons. The highest BCUT2D eigenvalue weighted by molar-refractivity contribution is 6.31. The summed E-state index contributed by atoms with van der Waals surface area (Å²) in [7, 11) is 0. The fraction of sp³-hybridized carbons (Fsp3) is 0.391. The number of hydrogen-bond acceptors (Lipinski definition) is 2. The van der Waals surface area contributed by atoms with Gasteiger partial charge in [-0.05, 0) is 30.0 Å². The smallest absolute Gasteiger partial charge is 0.243 e.